The highest BCUT2D eigenvalue weighted by Gasteiger charge is 2.55. The molecule has 0 bridgehead atoms. The fourth-order valence-electron chi connectivity index (χ4n) is 3.62. The molecule has 134 valence electrons. The molecule has 2 fully saturated rings. The number of carbonyl (C=O) groups excluding carboxylic acids is 2. The molecule has 1 aromatic carbocycles. The Hall–Kier alpha value is -1.81. The van der Waals surface area contributed by atoms with Crippen molar-refractivity contribution in [3.63, 3.8) is 0 Å². The van der Waals surface area contributed by atoms with Crippen molar-refractivity contribution in [1.29, 1.82) is 0 Å². The minimum atomic E-state index is -0.605. The molecule has 1 aromatic rings. The lowest BCUT2D eigenvalue weighted by Gasteiger charge is -2.24. The first kappa shape index (κ1) is 18.0. The lowest BCUT2D eigenvalue weighted by molar-refractivity contribution is -0.146. The number of hydrogen-bond acceptors (Lipinski definition) is 4. The Morgan fingerprint density at radius 3 is 2.80 bits per heavy atom. The zero-order valence-corrected chi connectivity index (χ0v) is 15.6. The van der Waals surface area contributed by atoms with Crippen LogP contribution in [0.1, 0.15) is 39.2 Å². The van der Waals surface area contributed by atoms with Gasteiger partial charge in [0, 0.05) is 5.92 Å². The van der Waals surface area contributed by atoms with E-state index in [1.807, 2.05) is 6.07 Å². The molecule has 0 aromatic heterocycles. The normalized spacial score (nSPS) is 25.7. The fraction of sp³-hybridized carbons (Fsp3) is 0.500. The van der Waals surface area contributed by atoms with Crippen molar-refractivity contribution in [2.45, 2.75) is 40.0 Å². The summed E-state index contributed by atoms with van der Waals surface area (Å²) in [6.07, 6.45) is 2.05. The van der Waals surface area contributed by atoms with E-state index in [4.69, 9.17) is 21.1 Å². The molecule has 2 unspecified atom stereocenters. The summed E-state index contributed by atoms with van der Waals surface area (Å²) in [7, 11) is 0. The highest BCUT2D eigenvalue weighted by Crippen LogP contribution is 2.52. The quantitative estimate of drug-likeness (QED) is 0.456. The third-order valence-electron chi connectivity index (χ3n) is 5.04. The van der Waals surface area contributed by atoms with Crippen molar-refractivity contribution < 1.29 is 19.1 Å². The molecule has 4 nitrogen and oxygen atoms in total. The molecule has 1 aliphatic heterocycles. The van der Waals surface area contributed by atoms with Crippen LogP contribution in [-0.2, 0) is 20.7 Å². The number of carbonyl (C=O) groups is 2. The summed E-state index contributed by atoms with van der Waals surface area (Å²) in [6, 6.07) is 5.32. The van der Waals surface area contributed by atoms with Gasteiger partial charge in [0.15, 0.2) is 0 Å². The van der Waals surface area contributed by atoms with Crippen molar-refractivity contribution in [2.75, 3.05) is 6.61 Å². The number of esters is 2. The summed E-state index contributed by atoms with van der Waals surface area (Å²) in [5.41, 5.74) is 0.901. The molecule has 2 aliphatic rings. The van der Waals surface area contributed by atoms with Crippen molar-refractivity contribution in [3.05, 3.63) is 40.9 Å². The summed E-state index contributed by atoms with van der Waals surface area (Å²) in [5.74, 6) is 0.0386. The second-order valence-corrected chi connectivity index (χ2v) is 8.57. The van der Waals surface area contributed by atoms with Gasteiger partial charge in [-0.2, -0.15) is 0 Å². The highest BCUT2D eigenvalue weighted by atomic mass is 35.5. The summed E-state index contributed by atoms with van der Waals surface area (Å²) < 4.78 is 10.7. The second kappa shape index (κ2) is 6.17. The van der Waals surface area contributed by atoms with Crippen LogP contribution in [0.15, 0.2) is 30.4 Å². The van der Waals surface area contributed by atoms with Crippen molar-refractivity contribution >= 4 is 23.5 Å². The third kappa shape index (κ3) is 3.32. The molecule has 1 heterocycles. The first-order valence-corrected chi connectivity index (χ1v) is 8.84. The first-order chi connectivity index (χ1) is 11.6. The Morgan fingerprint density at radius 2 is 2.16 bits per heavy atom. The summed E-state index contributed by atoms with van der Waals surface area (Å²) in [4.78, 5) is 24.4. The fourth-order valence-corrected chi connectivity index (χ4v) is 3.86. The largest absolute Gasteiger partial charge is 0.465 e. The van der Waals surface area contributed by atoms with Crippen molar-refractivity contribution in [2.24, 2.45) is 16.7 Å². The monoisotopic (exact) mass is 362 g/mol. The Kier molecular flexibility index (Phi) is 4.44. The third-order valence-corrected chi connectivity index (χ3v) is 5.33. The van der Waals surface area contributed by atoms with E-state index >= 15 is 0 Å². The van der Waals surface area contributed by atoms with Crippen LogP contribution < -0.4 is 4.74 Å². The van der Waals surface area contributed by atoms with Crippen molar-refractivity contribution in [3.8, 4) is 5.75 Å². The Morgan fingerprint density at radius 1 is 1.44 bits per heavy atom. The smallest absolute Gasteiger partial charge is 0.316 e. The lowest BCUT2D eigenvalue weighted by Crippen LogP contribution is -2.31. The Bertz CT molecular complexity index is 747. The predicted molar refractivity (Wildman–Crippen MR) is 95.5 cm³/mol. The van der Waals surface area contributed by atoms with Crippen LogP contribution in [0.4, 0.5) is 0 Å². The number of ether oxygens (including phenoxy) is 2. The molecule has 1 saturated carbocycles. The van der Waals surface area contributed by atoms with Gasteiger partial charge in [0.25, 0.3) is 0 Å². The standard InChI is InChI=1S/C20H23ClO4/c1-12-7-14-11-24-18(23)20(14,9-12)10-13-5-6-16(15(21)8-13)25-17(22)19(2,3)4/h5-6,8,14H,1,7,9-11H2,2-4H3. The molecule has 2 atom stereocenters. The minimum Gasteiger partial charge on any atom is -0.465 e. The van der Waals surface area contributed by atoms with E-state index in [2.05, 4.69) is 6.58 Å². The number of benzene rings is 1. The van der Waals surface area contributed by atoms with E-state index in [-0.39, 0.29) is 17.9 Å². The molecule has 0 amide bonds. The zero-order valence-electron chi connectivity index (χ0n) is 14.9. The maximum Gasteiger partial charge on any atom is 0.316 e. The van der Waals surface area contributed by atoms with Gasteiger partial charge >= 0.3 is 11.9 Å². The molecule has 0 radical (unpaired) electrons. The topological polar surface area (TPSA) is 52.6 Å². The van der Waals surface area contributed by atoms with Crippen LogP contribution in [-0.4, -0.2) is 18.5 Å². The number of allylic oxidation sites excluding steroid dienone is 1. The average molecular weight is 363 g/mol. The molecular formula is C20H23ClO4. The average Bonchev–Trinajstić information content (AvgIpc) is 2.96. The minimum absolute atomic E-state index is 0.143. The molecule has 0 spiro atoms. The summed E-state index contributed by atoms with van der Waals surface area (Å²) in [5, 5.41) is 0.367. The summed E-state index contributed by atoms with van der Waals surface area (Å²) in [6.45, 7) is 9.88. The molecular weight excluding hydrogens is 340 g/mol. The van der Waals surface area contributed by atoms with Gasteiger partial charge in [-0.1, -0.05) is 29.8 Å². The molecule has 1 saturated heterocycles. The van der Waals surface area contributed by atoms with E-state index in [1.165, 1.54) is 0 Å². The van der Waals surface area contributed by atoms with Crippen LogP contribution >= 0.6 is 11.6 Å². The van der Waals surface area contributed by atoms with Crippen LogP contribution in [0, 0.1) is 16.7 Å². The van der Waals surface area contributed by atoms with Gasteiger partial charge < -0.3 is 9.47 Å². The van der Waals surface area contributed by atoms with E-state index in [1.54, 1.807) is 32.9 Å². The maximum atomic E-state index is 12.4. The molecule has 3 rings (SSSR count). The van der Waals surface area contributed by atoms with Crippen molar-refractivity contribution in [1.82, 2.24) is 0 Å². The van der Waals surface area contributed by atoms with Crippen LogP contribution in [0.25, 0.3) is 0 Å². The van der Waals surface area contributed by atoms with Gasteiger partial charge in [0.2, 0.25) is 0 Å². The van der Waals surface area contributed by atoms with Gasteiger partial charge in [0.1, 0.15) is 5.75 Å². The number of hydrogen-bond donors (Lipinski definition) is 0. The molecule has 5 heteroatoms. The number of halogens is 1. The van der Waals surface area contributed by atoms with Gasteiger partial charge in [-0.15, -0.1) is 0 Å². The maximum absolute atomic E-state index is 12.4. The van der Waals surface area contributed by atoms with Crippen LogP contribution in [0.2, 0.25) is 5.02 Å². The van der Waals surface area contributed by atoms with E-state index in [0.29, 0.717) is 30.2 Å². The number of cyclic esters (lactones) is 1. The number of rotatable bonds is 3. The van der Waals surface area contributed by atoms with E-state index < -0.39 is 10.8 Å². The molecule has 0 N–H and O–H groups in total. The Labute approximate surface area is 153 Å². The van der Waals surface area contributed by atoms with Gasteiger partial charge in [-0.3, -0.25) is 9.59 Å². The first-order valence-electron chi connectivity index (χ1n) is 8.46. The van der Waals surface area contributed by atoms with Gasteiger partial charge in [-0.05, 0) is 57.7 Å². The number of fused-ring (bicyclic) bond motifs is 1. The zero-order chi connectivity index (χ0) is 18.4. The van der Waals surface area contributed by atoms with E-state index in [0.717, 1.165) is 17.6 Å². The highest BCUT2D eigenvalue weighted by molar-refractivity contribution is 6.32. The second-order valence-electron chi connectivity index (χ2n) is 8.16. The van der Waals surface area contributed by atoms with Crippen LogP contribution in [0.5, 0.6) is 5.75 Å². The predicted octanol–water partition coefficient (Wildman–Crippen LogP) is 4.34. The van der Waals surface area contributed by atoms with Gasteiger partial charge in [-0.25, -0.2) is 0 Å². The van der Waals surface area contributed by atoms with E-state index in [9.17, 15) is 9.59 Å². The van der Waals surface area contributed by atoms with Gasteiger partial charge in [0.05, 0.1) is 22.5 Å². The van der Waals surface area contributed by atoms with Crippen LogP contribution in [0.3, 0.4) is 0 Å². The SMILES string of the molecule is C=C1CC2COC(=O)C2(Cc2ccc(OC(=O)C(C)(C)C)c(Cl)c2)C1. The Balaban J connectivity index is 1.81. The molecule has 1 aliphatic carbocycles. The molecule has 25 heavy (non-hydrogen) atoms. The lowest BCUT2D eigenvalue weighted by atomic mass is 9.75. The summed E-state index contributed by atoms with van der Waals surface area (Å²) >= 11 is 6.30.